The van der Waals surface area contributed by atoms with Gasteiger partial charge in [-0.15, -0.1) is 0 Å². The molecule has 0 aliphatic carbocycles. The maximum atomic E-state index is 13.7. The number of nitrogens with zero attached hydrogens (tertiary/aromatic N) is 9. The van der Waals surface area contributed by atoms with Gasteiger partial charge in [-0.3, -0.25) is 0 Å². The number of fused-ring (bicyclic) bond motifs is 1. The van der Waals surface area contributed by atoms with E-state index in [9.17, 15) is 35.3 Å². The van der Waals surface area contributed by atoms with Crippen LogP contribution < -0.4 is 77.0 Å². The molecule has 29 nitrogen and oxygen atoms in total. The van der Waals surface area contributed by atoms with Crippen molar-refractivity contribution < 1.29 is 54.3 Å². The van der Waals surface area contributed by atoms with E-state index in [1.54, 1.807) is 172 Å². The molecule has 3 saturated heterocycles. The van der Waals surface area contributed by atoms with Gasteiger partial charge in [0, 0.05) is 89.9 Å². The number of amides is 2. The second kappa shape index (κ2) is 37.6. The summed E-state index contributed by atoms with van der Waals surface area (Å²) in [5.41, 5.74) is 4.99. The second-order valence-electron chi connectivity index (χ2n) is 29.0. The number of aromatic nitrogens is 7. The summed E-state index contributed by atoms with van der Waals surface area (Å²) in [5.74, 6) is 4.06. The number of methoxy groups -OCH3 is 4. The molecule has 0 atom stereocenters. The van der Waals surface area contributed by atoms with E-state index >= 15 is 0 Å². The lowest BCUT2D eigenvalue weighted by atomic mass is 10.0. The molecule has 0 spiro atoms. The second-order valence-corrected chi connectivity index (χ2v) is 45.3. The molecule has 37 heteroatoms. The van der Waals surface area contributed by atoms with Gasteiger partial charge in [0.2, 0.25) is 17.8 Å². The van der Waals surface area contributed by atoms with Gasteiger partial charge in [-0.05, 0) is 200 Å². The Morgan fingerprint density at radius 3 is 1.47 bits per heavy atom. The molecule has 8 N–H and O–H groups in total. The first-order chi connectivity index (χ1) is 55.1. The number of aromatic amines is 1. The van der Waals surface area contributed by atoms with Crippen LogP contribution in [0.25, 0.3) is 11.0 Å². The van der Waals surface area contributed by atoms with E-state index in [-0.39, 0.29) is 38.6 Å². The van der Waals surface area contributed by atoms with Crippen molar-refractivity contribution in [3.05, 3.63) is 154 Å². The Morgan fingerprint density at radius 1 is 0.552 bits per heavy atom. The molecule has 6 aromatic carbocycles. The fourth-order valence-corrected chi connectivity index (χ4v) is 20.8. The summed E-state index contributed by atoms with van der Waals surface area (Å²) in [6, 6.07) is 36.0. The molecule has 618 valence electrons. The number of benzene rings is 6. The van der Waals surface area contributed by atoms with E-state index in [0.29, 0.717) is 127 Å². The molecule has 0 bridgehead atoms. The zero-order valence-electron chi connectivity index (χ0n) is 66.7. The first kappa shape index (κ1) is 87.6. The van der Waals surface area contributed by atoms with Gasteiger partial charge in [0.05, 0.1) is 101 Å². The fraction of sp³-hybridized carbons (Fsp3) is 0.354. The van der Waals surface area contributed by atoms with Crippen LogP contribution in [0.1, 0.15) is 53.4 Å². The van der Waals surface area contributed by atoms with Crippen molar-refractivity contribution in [2.45, 2.75) is 79.7 Å². The molecule has 4 aromatic heterocycles. The molecule has 3 aliphatic heterocycles. The van der Waals surface area contributed by atoms with Crippen LogP contribution in [0, 0.1) is 0 Å². The summed E-state index contributed by atoms with van der Waals surface area (Å²) >= 11 is 16.3. The fourth-order valence-electron chi connectivity index (χ4n) is 13.3. The Kier molecular flexibility index (Phi) is 28.4. The number of nitrogens with one attached hydrogen (secondary N) is 8. The van der Waals surface area contributed by atoms with E-state index in [0.717, 1.165) is 34.2 Å². The summed E-state index contributed by atoms with van der Waals surface area (Å²) in [5, 5.41) is 23.7. The molecule has 0 unspecified atom stereocenters. The minimum atomic E-state index is -3.56. The number of carbonyl (C=O) groups excluding carboxylic acids is 1. The van der Waals surface area contributed by atoms with Crippen molar-refractivity contribution in [1.82, 2.24) is 50.0 Å². The number of hydrogen-bond donors (Lipinski definition) is 8. The third kappa shape index (κ3) is 20.8. The van der Waals surface area contributed by atoms with Gasteiger partial charge < -0.3 is 89.5 Å². The number of piperidine rings is 1. The lowest BCUT2D eigenvalue weighted by Crippen LogP contribution is -2.45. The van der Waals surface area contributed by atoms with E-state index in [2.05, 4.69) is 110 Å². The molecule has 3 aliphatic rings. The van der Waals surface area contributed by atoms with Crippen molar-refractivity contribution in [3.8, 4) is 23.0 Å². The number of urea groups is 1. The summed E-state index contributed by atoms with van der Waals surface area (Å²) in [7, 11) is -6.86. The van der Waals surface area contributed by atoms with Crippen LogP contribution in [-0.4, -0.2) is 198 Å². The highest BCUT2D eigenvalue weighted by Gasteiger charge is 2.34. The molecular weight excluding hydrogens is 1690 g/mol. The van der Waals surface area contributed by atoms with Crippen LogP contribution in [0.4, 0.5) is 79.9 Å². The van der Waals surface area contributed by atoms with Crippen LogP contribution in [-0.2, 0) is 33.4 Å². The molecule has 7 heterocycles. The quantitative estimate of drug-likeness (QED) is 0.0246. The maximum absolute atomic E-state index is 13.7. The number of likely N-dealkylation sites (tertiary alicyclic amines) is 1. The topological polar surface area (TPSA) is 361 Å². The third-order valence-electron chi connectivity index (χ3n) is 20.0. The number of hydrogen-bond acceptors (Lipinski definition) is 26. The van der Waals surface area contributed by atoms with Gasteiger partial charge in [-0.2, -0.15) is 19.9 Å². The first-order valence-electron chi connectivity index (χ1n) is 37.4. The Morgan fingerprint density at radius 2 is 0.983 bits per heavy atom. The van der Waals surface area contributed by atoms with Gasteiger partial charge in [-0.25, -0.2) is 31.6 Å². The summed E-state index contributed by atoms with van der Waals surface area (Å²) < 4.78 is 113. The van der Waals surface area contributed by atoms with E-state index in [1.165, 1.54) is 71.5 Å². The number of ether oxygens (including phenoxy) is 4. The van der Waals surface area contributed by atoms with Crippen molar-refractivity contribution >= 4 is 188 Å². The number of para-hydroxylation sites is 2. The standard InChI is InChI=1S/C29H38ClN6O3P.C26H32ClN6O5PS.C24H27BrN5O4PS/c1-38-26-17-21(36-15-11-20(12-16-36)35-13-5-6-14-35)7-9-25(26)33-29-31-19-23(30)28(34-29)32-24-10-8-22(40(3,4)37)18-27(24)39-2;1-17(2)40(36,37)23-8-6-5-7-21(23)30-24-19(27)16-29-25(32-24)31-20-10-9-18(15-22(20)38-4)39(35)13-11-33(12-14-39)26(34)28-3;1-14(2)36(32,33)20-9-7-6-8-18(20)27-23-21-16(25)13-26-22(21)29-24(30-23)28-17-11-10-15(35(4,5)31)12-19(17)34-3/h7-10,17-20H,5-6,11-16H2,1-4H3,(H2,31,32,33,34);5-10,15-17H,11-14H2,1-4H3,(H,28,34)(H2,29,30,31,32);6-14H,1-5H3,(H3,26,27,28,29,30). The largest absolute Gasteiger partial charge is 0.495 e. The number of carbonyl (C=O) groups is 1. The third-order valence-corrected chi connectivity index (χ3v) is 31.7. The zero-order valence-corrected chi connectivity index (χ0v) is 74.1. The minimum absolute atomic E-state index is 0.141. The normalized spacial score (nSPS) is 14.7. The van der Waals surface area contributed by atoms with Gasteiger partial charge in [0.1, 0.15) is 65.9 Å². The highest BCUT2D eigenvalue weighted by molar-refractivity contribution is 9.10. The lowest BCUT2D eigenvalue weighted by Gasteiger charge is -2.38. The summed E-state index contributed by atoms with van der Waals surface area (Å²) in [6.07, 6.45) is 10.5. The molecule has 3 fully saturated rings. The molecule has 116 heavy (non-hydrogen) atoms. The molecule has 0 saturated carbocycles. The van der Waals surface area contributed by atoms with Gasteiger partial charge in [0.15, 0.2) is 31.3 Å². The average molecular weight is 1780 g/mol. The molecule has 2 amide bonds. The number of halogens is 3. The predicted octanol–water partition coefficient (Wildman–Crippen LogP) is 16.0. The monoisotopic (exact) mass is 1780 g/mol. The Bertz CT molecular complexity index is 5620. The molecule has 10 aromatic rings. The Labute approximate surface area is 695 Å². The van der Waals surface area contributed by atoms with Crippen molar-refractivity contribution in [3.63, 3.8) is 0 Å². The average Bonchev–Trinajstić information content (AvgIpc) is 1.69. The zero-order chi connectivity index (χ0) is 83.6. The Balaban J connectivity index is 0.000000171. The molecular formula is C79H97BrCl2N17O12P3S2. The van der Waals surface area contributed by atoms with Crippen molar-refractivity contribution in [2.24, 2.45) is 0 Å². The van der Waals surface area contributed by atoms with Crippen LogP contribution in [0.15, 0.2) is 154 Å². The maximum Gasteiger partial charge on any atom is 0.317 e. The lowest BCUT2D eigenvalue weighted by molar-refractivity contribution is 0.204. The van der Waals surface area contributed by atoms with Gasteiger partial charge in [-0.1, -0.05) is 47.5 Å². The van der Waals surface area contributed by atoms with Crippen LogP contribution in [0.5, 0.6) is 23.0 Å². The SMILES string of the molecule is CNC(=O)N1CCP(=O)(c2ccc(Nc3ncc(Cl)c(Nc4ccccc4S(=O)(=O)C(C)C)n3)c(OC)c2)CC1.COc1cc(N2CCC(N3CCCC3)CC2)ccc1Nc1ncc(Cl)c(Nc2ccc(P(C)(C)=O)cc2OC)n1.COc1cc(P(C)(C)=O)ccc1Nc1nc(Nc2ccccc2S(=O)(=O)C(C)C)c2c(Br)c[nH]c2n1. The van der Waals surface area contributed by atoms with Crippen molar-refractivity contribution in [2.75, 3.05) is 151 Å². The highest BCUT2D eigenvalue weighted by Crippen LogP contribution is 2.49. The minimum Gasteiger partial charge on any atom is -0.495 e. The molecule has 13 rings (SSSR count). The van der Waals surface area contributed by atoms with Crippen LogP contribution in [0.2, 0.25) is 10.0 Å². The van der Waals surface area contributed by atoms with E-state index in [1.807, 2.05) is 18.2 Å². The van der Waals surface area contributed by atoms with E-state index in [4.69, 9.17) is 42.1 Å². The van der Waals surface area contributed by atoms with Gasteiger partial charge >= 0.3 is 6.03 Å². The molecule has 0 radical (unpaired) electrons. The van der Waals surface area contributed by atoms with Crippen molar-refractivity contribution in [1.29, 1.82) is 0 Å². The number of sulfone groups is 2. The van der Waals surface area contributed by atoms with Gasteiger partial charge in [0.25, 0.3) is 0 Å². The summed E-state index contributed by atoms with van der Waals surface area (Å²) in [4.78, 5) is 49.0. The number of H-pyrrole nitrogens is 1. The van der Waals surface area contributed by atoms with Crippen LogP contribution in [0.3, 0.4) is 0 Å². The summed E-state index contributed by atoms with van der Waals surface area (Å²) in [6.45, 7) is 18.8. The smallest absolute Gasteiger partial charge is 0.317 e. The van der Waals surface area contributed by atoms with Crippen LogP contribution >= 0.6 is 60.6 Å². The predicted molar refractivity (Wildman–Crippen MR) is 472 cm³/mol. The number of rotatable bonds is 25. The highest BCUT2D eigenvalue weighted by atomic mass is 79.9. The number of anilines is 13. The van der Waals surface area contributed by atoms with E-state index < -0.39 is 51.6 Å². The first-order valence-corrected chi connectivity index (χ1v) is 49.3. The Hall–Kier alpha value is -9.22.